The van der Waals surface area contributed by atoms with E-state index in [1.54, 1.807) is 0 Å². The summed E-state index contributed by atoms with van der Waals surface area (Å²) in [5.74, 6) is -0.191. The molecule has 4 rings (SSSR count). The number of halogens is 1. The van der Waals surface area contributed by atoms with Crippen LogP contribution in [0.3, 0.4) is 0 Å². The normalized spacial score (nSPS) is 22.6. The van der Waals surface area contributed by atoms with Crippen molar-refractivity contribution in [3.8, 4) is 0 Å². The van der Waals surface area contributed by atoms with Crippen LogP contribution in [-0.2, 0) is 27.2 Å². The first-order valence-electron chi connectivity index (χ1n) is 9.58. The van der Waals surface area contributed by atoms with Crippen LogP contribution < -0.4 is 5.32 Å². The highest BCUT2D eigenvalue weighted by molar-refractivity contribution is 9.10. The van der Waals surface area contributed by atoms with Crippen molar-refractivity contribution in [3.05, 3.63) is 71.3 Å². The third-order valence-corrected chi connectivity index (χ3v) is 6.15. The van der Waals surface area contributed by atoms with Crippen LogP contribution in [0.15, 0.2) is 54.6 Å². The van der Waals surface area contributed by atoms with Crippen LogP contribution in [0, 0.1) is 0 Å². The van der Waals surface area contributed by atoms with Crippen molar-refractivity contribution in [2.24, 2.45) is 0 Å². The second-order valence-electron chi connectivity index (χ2n) is 7.24. The van der Waals surface area contributed by atoms with Crippen LogP contribution in [0.4, 0.5) is 0 Å². The Balaban J connectivity index is 1.52. The Morgan fingerprint density at radius 2 is 1.93 bits per heavy atom. The molecule has 1 N–H and O–H groups in total. The number of ether oxygens (including phenoxy) is 1. The van der Waals surface area contributed by atoms with Crippen molar-refractivity contribution < 1.29 is 14.3 Å². The summed E-state index contributed by atoms with van der Waals surface area (Å²) in [5.41, 5.74) is 3.28. The monoisotopic (exact) mass is 442 g/mol. The molecule has 0 aromatic heterocycles. The van der Waals surface area contributed by atoms with Crippen LogP contribution in [0.5, 0.6) is 0 Å². The average Bonchev–Trinajstić information content (AvgIpc) is 2.84. The number of fused-ring (bicyclic) bond motifs is 3. The molecule has 1 fully saturated rings. The molecule has 0 aliphatic carbocycles. The largest absolute Gasteiger partial charge is 0.377 e. The van der Waals surface area contributed by atoms with Gasteiger partial charge in [-0.05, 0) is 23.1 Å². The number of hydrogen-bond acceptors (Lipinski definition) is 3. The zero-order valence-corrected chi connectivity index (χ0v) is 17.1. The Bertz CT molecular complexity index is 858. The topological polar surface area (TPSA) is 58.6 Å². The molecule has 146 valence electrons. The number of rotatable bonds is 4. The molecule has 0 spiro atoms. The second kappa shape index (κ2) is 8.45. The number of morpholine rings is 1. The van der Waals surface area contributed by atoms with Gasteiger partial charge in [0.05, 0.1) is 24.1 Å². The lowest BCUT2D eigenvalue weighted by atomic mass is 9.97. The van der Waals surface area contributed by atoms with Gasteiger partial charge in [0.25, 0.3) is 0 Å². The fourth-order valence-electron chi connectivity index (χ4n) is 3.97. The van der Waals surface area contributed by atoms with Gasteiger partial charge in [0.2, 0.25) is 11.8 Å². The molecule has 2 unspecified atom stereocenters. The summed E-state index contributed by atoms with van der Waals surface area (Å²) in [6, 6.07) is 17.3. The fourth-order valence-corrected chi connectivity index (χ4v) is 4.47. The van der Waals surface area contributed by atoms with E-state index in [1.165, 1.54) is 0 Å². The Morgan fingerprint density at radius 1 is 1.18 bits per heavy atom. The summed E-state index contributed by atoms with van der Waals surface area (Å²) in [4.78, 5) is 27.5. The van der Waals surface area contributed by atoms with Crippen LogP contribution >= 0.6 is 15.9 Å². The smallest absolute Gasteiger partial charge is 0.246 e. The molecule has 1 saturated heterocycles. The zero-order chi connectivity index (χ0) is 19.5. The van der Waals surface area contributed by atoms with Gasteiger partial charge in [-0.1, -0.05) is 70.5 Å². The number of carbonyl (C=O) groups is 2. The van der Waals surface area contributed by atoms with Gasteiger partial charge in [-0.15, -0.1) is 0 Å². The Labute approximate surface area is 173 Å². The minimum Gasteiger partial charge on any atom is -0.377 e. The first kappa shape index (κ1) is 19.2. The Hall–Kier alpha value is -2.18. The van der Waals surface area contributed by atoms with Crippen molar-refractivity contribution in [2.45, 2.75) is 29.8 Å². The molecular weight excluding hydrogens is 420 g/mol. The van der Waals surface area contributed by atoms with Crippen molar-refractivity contribution in [2.75, 3.05) is 19.8 Å². The number of nitrogens with one attached hydrogen (secondary N) is 1. The summed E-state index contributed by atoms with van der Waals surface area (Å²) >= 11 is 3.49. The molecular formula is C22H23BrN2O3. The van der Waals surface area contributed by atoms with E-state index in [9.17, 15) is 9.59 Å². The molecule has 6 heteroatoms. The van der Waals surface area contributed by atoms with E-state index in [-0.39, 0.29) is 22.7 Å². The molecule has 0 saturated carbocycles. The maximum Gasteiger partial charge on any atom is 0.246 e. The lowest BCUT2D eigenvalue weighted by molar-refractivity contribution is -0.143. The van der Waals surface area contributed by atoms with Gasteiger partial charge in [-0.25, -0.2) is 0 Å². The minimum absolute atomic E-state index is 0.0303. The van der Waals surface area contributed by atoms with E-state index in [1.807, 2.05) is 53.4 Å². The third kappa shape index (κ3) is 3.98. The SMILES string of the molecule is O=C(NC1Cc2ccccc2C2COCCN2C1=O)[C@@H](Br)Cc1ccccc1. The predicted molar refractivity (Wildman–Crippen MR) is 110 cm³/mol. The van der Waals surface area contributed by atoms with Crippen LogP contribution in [0.25, 0.3) is 0 Å². The van der Waals surface area contributed by atoms with E-state index in [2.05, 4.69) is 27.3 Å². The first-order valence-corrected chi connectivity index (χ1v) is 10.5. The molecule has 2 aromatic rings. The fraction of sp³-hybridized carbons (Fsp3) is 0.364. The second-order valence-corrected chi connectivity index (χ2v) is 8.35. The number of nitrogens with zero attached hydrogens (tertiary/aromatic N) is 1. The van der Waals surface area contributed by atoms with Gasteiger partial charge < -0.3 is 15.0 Å². The summed E-state index contributed by atoms with van der Waals surface area (Å²) in [7, 11) is 0. The molecule has 2 aromatic carbocycles. The van der Waals surface area contributed by atoms with Crippen LogP contribution in [0.2, 0.25) is 0 Å². The highest BCUT2D eigenvalue weighted by Gasteiger charge is 2.38. The molecule has 28 heavy (non-hydrogen) atoms. The van der Waals surface area contributed by atoms with Crippen LogP contribution in [0.1, 0.15) is 22.7 Å². The summed E-state index contributed by atoms with van der Waals surface area (Å²) in [6.45, 7) is 1.57. The van der Waals surface area contributed by atoms with Gasteiger partial charge in [0.15, 0.2) is 0 Å². The van der Waals surface area contributed by atoms with E-state index in [0.717, 1.165) is 16.7 Å². The summed E-state index contributed by atoms with van der Waals surface area (Å²) in [6.07, 6.45) is 1.07. The van der Waals surface area contributed by atoms with Gasteiger partial charge in [0, 0.05) is 13.0 Å². The zero-order valence-electron chi connectivity index (χ0n) is 15.5. The molecule has 3 atom stereocenters. The highest BCUT2D eigenvalue weighted by atomic mass is 79.9. The molecule has 2 aliphatic rings. The van der Waals surface area contributed by atoms with Gasteiger partial charge in [-0.2, -0.15) is 0 Å². The lowest BCUT2D eigenvalue weighted by Crippen LogP contribution is -2.53. The number of alkyl halides is 1. The van der Waals surface area contributed by atoms with E-state index in [4.69, 9.17) is 4.74 Å². The molecule has 0 bridgehead atoms. The van der Waals surface area contributed by atoms with Crippen molar-refractivity contribution >= 4 is 27.7 Å². The minimum atomic E-state index is -0.562. The van der Waals surface area contributed by atoms with E-state index in [0.29, 0.717) is 32.6 Å². The Kier molecular flexibility index (Phi) is 5.78. The highest BCUT2D eigenvalue weighted by Crippen LogP contribution is 2.31. The number of carbonyl (C=O) groups excluding carboxylic acids is 2. The van der Waals surface area contributed by atoms with Crippen molar-refractivity contribution in [1.29, 1.82) is 0 Å². The first-order chi connectivity index (χ1) is 13.6. The van der Waals surface area contributed by atoms with E-state index < -0.39 is 6.04 Å². The Morgan fingerprint density at radius 3 is 2.75 bits per heavy atom. The third-order valence-electron chi connectivity index (χ3n) is 5.41. The van der Waals surface area contributed by atoms with Gasteiger partial charge >= 0.3 is 0 Å². The standard InChI is InChI=1S/C22H23BrN2O3/c23-18(12-15-6-2-1-3-7-15)21(26)24-19-13-16-8-4-5-9-17(16)20-14-28-11-10-25(20)22(19)27/h1-9,18-20H,10-14H2,(H,24,26)/t18-,19?,20?/m0/s1. The molecule has 0 radical (unpaired) electrons. The molecule has 5 nitrogen and oxygen atoms in total. The average molecular weight is 443 g/mol. The molecule has 2 heterocycles. The molecule has 2 amide bonds. The maximum absolute atomic E-state index is 13.2. The summed E-state index contributed by atoms with van der Waals surface area (Å²) in [5, 5.41) is 2.98. The van der Waals surface area contributed by atoms with Gasteiger partial charge in [0.1, 0.15) is 6.04 Å². The van der Waals surface area contributed by atoms with Gasteiger partial charge in [-0.3, -0.25) is 9.59 Å². The number of amides is 2. The van der Waals surface area contributed by atoms with Crippen molar-refractivity contribution in [3.63, 3.8) is 0 Å². The maximum atomic E-state index is 13.2. The lowest BCUT2D eigenvalue weighted by Gasteiger charge is -2.36. The summed E-state index contributed by atoms with van der Waals surface area (Å²) < 4.78 is 5.63. The predicted octanol–water partition coefficient (Wildman–Crippen LogP) is 2.63. The number of benzene rings is 2. The van der Waals surface area contributed by atoms with E-state index >= 15 is 0 Å². The quantitative estimate of drug-likeness (QED) is 0.740. The molecule has 2 aliphatic heterocycles. The number of hydrogen-bond donors (Lipinski definition) is 1. The van der Waals surface area contributed by atoms with Crippen LogP contribution in [-0.4, -0.2) is 47.3 Å². The van der Waals surface area contributed by atoms with Crippen molar-refractivity contribution in [1.82, 2.24) is 10.2 Å².